The lowest BCUT2D eigenvalue weighted by atomic mass is 10.1. The molecule has 0 bridgehead atoms. The first-order valence-electron chi connectivity index (χ1n) is 10.4. The molecule has 1 aromatic rings. The Labute approximate surface area is 171 Å². The lowest BCUT2D eigenvalue weighted by Crippen LogP contribution is -2.43. The fourth-order valence-electron chi connectivity index (χ4n) is 3.10. The van der Waals surface area contributed by atoms with Gasteiger partial charge in [0.05, 0.1) is 0 Å². The number of guanidine groups is 1. The van der Waals surface area contributed by atoms with Crippen LogP contribution in [-0.2, 0) is 6.42 Å². The predicted molar refractivity (Wildman–Crippen MR) is 119 cm³/mol. The Morgan fingerprint density at radius 2 is 1.93 bits per heavy atom. The van der Waals surface area contributed by atoms with E-state index in [0.29, 0.717) is 6.04 Å². The maximum absolute atomic E-state index is 12.1. The summed E-state index contributed by atoms with van der Waals surface area (Å²) in [7, 11) is 5.35. The zero-order valence-electron chi connectivity index (χ0n) is 18.6. The molecule has 1 aromatic carbocycles. The lowest BCUT2D eigenvalue weighted by Gasteiger charge is -2.21. The minimum atomic E-state index is 0.0332. The summed E-state index contributed by atoms with van der Waals surface area (Å²) < 4.78 is 0. The molecule has 2 N–H and O–H groups in total. The molecule has 158 valence electrons. The largest absolute Gasteiger partial charge is 0.356 e. The number of nitrogens with one attached hydrogen (secondary N) is 2. The molecule has 1 rings (SSSR count). The number of hydrogen-bond donors (Lipinski definition) is 2. The summed E-state index contributed by atoms with van der Waals surface area (Å²) in [6, 6.07) is 8.20. The molecule has 0 aliphatic heterocycles. The summed E-state index contributed by atoms with van der Waals surface area (Å²) in [5.74, 6) is 0.863. The smallest absolute Gasteiger partial charge is 0.253 e. The highest BCUT2D eigenvalue weighted by Gasteiger charge is 2.09. The van der Waals surface area contributed by atoms with Crippen LogP contribution in [0.15, 0.2) is 29.3 Å². The highest BCUT2D eigenvalue weighted by Crippen LogP contribution is 2.08. The molecule has 0 spiro atoms. The van der Waals surface area contributed by atoms with Crippen LogP contribution in [0.2, 0.25) is 0 Å². The number of nitrogens with zero attached hydrogens (tertiary/aromatic N) is 3. The number of amides is 1. The maximum atomic E-state index is 12.1. The number of benzene rings is 1. The van der Waals surface area contributed by atoms with Gasteiger partial charge in [-0.15, -0.1) is 0 Å². The first-order chi connectivity index (χ1) is 13.4. The molecule has 0 saturated heterocycles. The SMILES string of the molecule is CCN(CC)CCCC(C)NC(=NC)NCCc1cccc(C(=O)N(C)C)c1. The number of carbonyl (C=O) groups is 1. The average Bonchev–Trinajstić information content (AvgIpc) is 2.70. The van der Waals surface area contributed by atoms with E-state index in [2.05, 4.69) is 47.4 Å². The van der Waals surface area contributed by atoms with Gasteiger partial charge in [0.25, 0.3) is 5.91 Å². The number of hydrogen-bond acceptors (Lipinski definition) is 3. The van der Waals surface area contributed by atoms with Gasteiger partial charge in [0.15, 0.2) is 5.96 Å². The molecule has 0 radical (unpaired) electrons. The Kier molecular flexibility index (Phi) is 11.3. The average molecular weight is 390 g/mol. The minimum absolute atomic E-state index is 0.0332. The molecule has 0 aliphatic rings. The van der Waals surface area contributed by atoms with Gasteiger partial charge in [-0.3, -0.25) is 9.79 Å². The van der Waals surface area contributed by atoms with Gasteiger partial charge >= 0.3 is 0 Å². The van der Waals surface area contributed by atoms with Crippen molar-refractivity contribution in [1.29, 1.82) is 0 Å². The van der Waals surface area contributed by atoms with Crippen molar-refractivity contribution < 1.29 is 4.79 Å². The zero-order chi connectivity index (χ0) is 20.9. The molecule has 28 heavy (non-hydrogen) atoms. The third-order valence-corrected chi connectivity index (χ3v) is 4.90. The van der Waals surface area contributed by atoms with Crippen LogP contribution >= 0.6 is 0 Å². The van der Waals surface area contributed by atoms with Crippen molar-refractivity contribution in [3.05, 3.63) is 35.4 Å². The molecule has 1 unspecified atom stereocenters. The Balaban J connectivity index is 2.40. The summed E-state index contributed by atoms with van der Waals surface area (Å²) in [6.45, 7) is 10.8. The molecule has 1 atom stereocenters. The summed E-state index contributed by atoms with van der Waals surface area (Å²) in [5.41, 5.74) is 1.87. The van der Waals surface area contributed by atoms with E-state index in [4.69, 9.17) is 0 Å². The van der Waals surface area contributed by atoms with Crippen LogP contribution in [0.3, 0.4) is 0 Å². The lowest BCUT2D eigenvalue weighted by molar-refractivity contribution is 0.0827. The summed E-state index contributed by atoms with van der Waals surface area (Å²) in [6.07, 6.45) is 3.14. The van der Waals surface area contributed by atoms with Gasteiger partial charge in [0.2, 0.25) is 0 Å². The van der Waals surface area contributed by atoms with E-state index in [1.165, 1.54) is 6.42 Å². The van der Waals surface area contributed by atoms with Gasteiger partial charge in [-0.05, 0) is 63.5 Å². The molecule has 0 aliphatic carbocycles. The summed E-state index contributed by atoms with van der Waals surface area (Å²) in [4.78, 5) is 20.5. The van der Waals surface area contributed by atoms with Crippen molar-refractivity contribution in [3.63, 3.8) is 0 Å². The van der Waals surface area contributed by atoms with Crippen LogP contribution < -0.4 is 10.6 Å². The standard InChI is InChI=1S/C22H39N5O/c1-7-27(8-2)16-10-11-18(3)25-22(23-4)24-15-14-19-12-9-13-20(17-19)21(28)26(5)6/h9,12-13,17-18H,7-8,10-11,14-16H2,1-6H3,(H2,23,24,25). The predicted octanol–water partition coefficient (Wildman–Crippen LogP) is 2.61. The molecule has 6 heteroatoms. The third kappa shape index (κ3) is 8.74. The fraction of sp³-hybridized carbons (Fsp3) is 0.636. The number of aliphatic imine (C=N–C) groups is 1. The fourth-order valence-corrected chi connectivity index (χ4v) is 3.10. The second-order valence-corrected chi connectivity index (χ2v) is 7.36. The zero-order valence-corrected chi connectivity index (χ0v) is 18.6. The van der Waals surface area contributed by atoms with Crippen molar-refractivity contribution in [2.75, 3.05) is 47.3 Å². The van der Waals surface area contributed by atoms with Crippen LogP contribution in [0, 0.1) is 0 Å². The Morgan fingerprint density at radius 3 is 2.54 bits per heavy atom. The molecule has 1 amide bonds. The van der Waals surface area contributed by atoms with Gasteiger partial charge in [-0.1, -0.05) is 26.0 Å². The van der Waals surface area contributed by atoms with Gasteiger partial charge in [0.1, 0.15) is 0 Å². The van der Waals surface area contributed by atoms with Gasteiger partial charge < -0.3 is 20.4 Å². The molecule has 0 aromatic heterocycles. The second kappa shape index (κ2) is 13.2. The van der Waals surface area contributed by atoms with E-state index >= 15 is 0 Å². The summed E-state index contributed by atoms with van der Waals surface area (Å²) in [5, 5.41) is 6.84. The van der Waals surface area contributed by atoms with Gasteiger partial charge in [-0.25, -0.2) is 0 Å². The highest BCUT2D eigenvalue weighted by atomic mass is 16.2. The molecule has 0 fully saturated rings. The van der Waals surface area contributed by atoms with Crippen molar-refractivity contribution in [1.82, 2.24) is 20.4 Å². The highest BCUT2D eigenvalue weighted by molar-refractivity contribution is 5.94. The minimum Gasteiger partial charge on any atom is -0.356 e. The van der Waals surface area contributed by atoms with E-state index in [0.717, 1.165) is 56.1 Å². The van der Waals surface area contributed by atoms with Gasteiger partial charge in [0, 0.05) is 39.3 Å². The van der Waals surface area contributed by atoms with E-state index in [1.807, 2.05) is 18.2 Å². The van der Waals surface area contributed by atoms with E-state index in [-0.39, 0.29) is 5.91 Å². The van der Waals surface area contributed by atoms with E-state index in [1.54, 1.807) is 26.0 Å². The normalized spacial score (nSPS) is 12.8. The summed E-state index contributed by atoms with van der Waals surface area (Å²) >= 11 is 0. The number of rotatable bonds is 11. The molecular formula is C22H39N5O. The van der Waals surface area contributed by atoms with E-state index < -0.39 is 0 Å². The first-order valence-corrected chi connectivity index (χ1v) is 10.4. The Hall–Kier alpha value is -2.08. The monoisotopic (exact) mass is 389 g/mol. The van der Waals surface area contributed by atoms with Crippen molar-refractivity contribution in [2.45, 2.75) is 46.1 Å². The van der Waals surface area contributed by atoms with Crippen LogP contribution in [0.1, 0.15) is 49.5 Å². The van der Waals surface area contributed by atoms with Crippen LogP contribution in [0.25, 0.3) is 0 Å². The first kappa shape index (κ1) is 24.0. The Bertz CT molecular complexity index is 611. The van der Waals surface area contributed by atoms with Crippen molar-refractivity contribution >= 4 is 11.9 Å². The molecule has 6 nitrogen and oxygen atoms in total. The van der Waals surface area contributed by atoms with Crippen molar-refractivity contribution in [2.24, 2.45) is 4.99 Å². The second-order valence-electron chi connectivity index (χ2n) is 7.36. The Morgan fingerprint density at radius 1 is 1.21 bits per heavy atom. The third-order valence-electron chi connectivity index (χ3n) is 4.90. The molecule has 0 heterocycles. The van der Waals surface area contributed by atoms with Crippen LogP contribution in [0.5, 0.6) is 0 Å². The van der Waals surface area contributed by atoms with Crippen molar-refractivity contribution in [3.8, 4) is 0 Å². The quantitative estimate of drug-likeness (QED) is 0.451. The molecular weight excluding hydrogens is 350 g/mol. The van der Waals surface area contributed by atoms with Crippen LogP contribution in [0.4, 0.5) is 0 Å². The van der Waals surface area contributed by atoms with Crippen LogP contribution in [-0.4, -0.2) is 75.0 Å². The molecule has 0 saturated carbocycles. The topological polar surface area (TPSA) is 60.0 Å². The van der Waals surface area contributed by atoms with E-state index in [9.17, 15) is 4.79 Å². The number of carbonyl (C=O) groups excluding carboxylic acids is 1. The maximum Gasteiger partial charge on any atom is 0.253 e. The van der Waals surface area contributed by atoms with Gasteiger partial charge in [-0.2, -0.15) is 0 Å².